The summed E-state index contributed by atoms with van der Waals surface area (Å²) in [4.78, 5) is 11.8. The summed E-state index contributed by atoms with van der Waals surface area (Å²) in [6.45, 7) is 4.86. The van der Waals surface area contributed by atoms with Gasteiger partial charge in [-0.15, -0.1) is 12.4 Å². The zero-order chi connectivity index (χ0) is 14.3. The molecule has 0 spiro atoms. The van der Waals surface area contributed by atoms with Crippen molar-refractivity contribution in [2.24, 2.45) is 5.73 Å². The van der Waals surface area contributed by atoms with Gasteiger partial charge in [-0.2, -0.15) is 11.8 Å². The number of hydrogen-bond acceptors (Lipinski definition) is 3. The average Bonchev–Trinajstić information content (AvgIpc) is 2.39. The third-order valence-corrected chi connectivity index (χ3v) is 3.93. The third-order valence-electron chi connectivity index (χ3n) is 3.29. The second kappa shape index (κ2) is 10.1. The van der Waals surface area contributed by atoms with Crippen molar-refractivity contribution in [2.45, 2.75) is 32.7 Å². The molecule has 0 bridgehead atoms. The highest BCUT2D eigenvalue weighted by Gasteiger charge is 2.12. The van der Waals surface area contributed by atoms with Crippen LogP contribution in [0, 0.1) is 13.8 Å². The van der Waals surface area contributed by atoms with Gasteiger partial charge in [0, 0.05) is 6.54 Å². The highest BCUT2D eigenvalue weighted by Crippen LogP contribution is 2.13. The minimum atomic E-state index is -0.384. The summed E-state index contributed by atoms with van der Waals surface area (Å²) in [6.07, 6.45) is 3.61. The Balaban J connectivity index is 0.00000361. The molecule has 0 unspecified atom stereocenters. The molecular formula is C15H25ClN2OS. The van der Waals surface area contributed by atoms with Crippen LogP contribution in [0.3, 0.4) is 0 Å². The van der Waals surface area contributed by atoms with Crippen LogP contribution in [0.1, 0.15) is 23.1 Å². The summed E-state index contributed by atoms with van der Waals surface area (Å²) in [6, 6.07) is 5.89. The smallest absolute Gasteiger partial charge is 0.236 e. The van der Waals surface area contributed by atoms with Crippen molar-refractivity contribution < 1.29 is 4.79 Å². The number of rotatable bonds is 7. The summed E-state index contributed by atoms with van der Waals surface area (Å²) >= 11 is 1.71. The van der Waals surface area contributed by atoms with E-state index >= 15 is 0 Å². The minimum Gasteiger partial charge on any atom is -0.354 e. The third kappa shape index (κ3) is 6.16. The molecule has 114 valence electrons. The van der Waals surface area contributed by atoms with Gasteiger partial charge in [-0.05, 0) is 55.4 Å². The molecule has 3 nitrogen and oxygen atoms in total. The molecule has 0 radical (unpaired) electrons. The molecular weight excluding hydrogens is 292 g/mol. The lowest BCUT2D eigenvalue weighted by Gasteiger charge is -2.13. The van der Waals surface area contributed by atoms with Gasteiger partial charge in [-0.3, -0.25) is 4.79 Å². The van der Waals surface area contributed by atoms with E-state index in [4.69, 9.17) is 5.73 Å². The Labute approximate surface area is 132 Å². The van der Waals surface area contributed by atoms with Gasteiger partial charge in [-0.1, -0.05) is 18.2 Å². The van der Waals surface area contributed by atoms with E-state index in [0.29, 0.717) is 6.54 Å². The van der Waals surface area contributed by atoms with E-state index in [1.165, 1.54) is 16.7 Å². The first-order valence-corrected chi connectivity index (χ1v) is 8.03. The Bertz CT molecular complexity index is 406. The first-order valence-electron chi connectivity index (χ1n) is 6.63. The maximum Gasteiger partial charge on any atom is 0.236 e. The monoisotopic (exact) mass is 316 g/mol. The maximum absolute atomic E-state index is 11.8. The van der Waals surface area contributed by atoms with Crippen LogP contribution in [0.5, 0.6) is 0 Å². The highest BCUT2D eigenvalue weighted by atomic mass is 35.5. The normalized spacial score (nSPS) is 11.6. The number of carbonyl (C=O) groups excluding carboxylic acids is 1. The largest absolute Gasteiger partial charge is 0.354 e. The number of aryl methyl sites for hydroxylation is 2. The van der Waals surface area contributed by atoms with Gasteiger partial charge in [-0.25, -0.2) is 0 Å². The van der Waals surface area contributed by atoms with E-state index in [9.17, 15) is 4.79 Å². The molecule has 0 aliphatic carbocycles. The molecule has 0 fully saturated rings. The molecule has 20 heavy (non-hydrogen) atoms. The minimum absolute atomic E-state index is 0. The quantitative estimate of drug-likeness (QED) is 0.812. The molecule has 0 aliphatic heterocycles. The van der Waals surface area contributed by atoms with Crippen molar-refractivity contribution >= 4 is 30.1 Å². The lowest BCUT2D eigenvalue weighted by molar-refractivity contribution is -0.122. The summed E-state index contributed by atoms with van der Waals surface area (Å²) in [5, 5.41) is 2.92. The number of carbonyl (C=O) groups is 1. The molecule has 1 atom stereocenters. The second-order valence-electron chi connectivity index (χ2n) is 4.80. The van der Waals surface area contributed by atoms with Gasteiger partial charge >= 0.3 is 0 Å². The molecule has 5 heteroatoms. The SMILES string of the molecule is CSCC[C@H](N)C(=O)NCCc1c(C)cccc1C.Cl. The first kappa shape index (κ1) is 19.3. The Hall–Kier alpha value is -0.710. The molecule has 1 aromatic carbocycles. The molecule has 1 aromatic rings. The Kier molecular flexibility index (Phi) is 9.72. The number of nitrogens with two attached hydrogens (primary N) is 1. The zero-order valence-electron chi connectivity index (χ0n) is 12.4. The molecule has 3 N–H and O–H groups in total. The van der Waals surface area contributed by atoms with Crippen LogP contribution in [-0.2, 0) is 11.2 Å². The number of amides is 1. The average molecular weight is 317 g/mol. The first-order chi connectivity index (χ1) is 9.06. The van der Waals surface area contributed by atoms with Crippen molar-refractivity contribution in [3.8, 4) is 0 Å². The van der Waals surface area contributed by atoms with Crippen LogP contribution in [0.15, 0.2) is 18.2 Å². The van der Waals surface area contributed by atoms with Crippen molar-refractivity contribution in [1.29, 1.82) is 0 Å². The van der Waals surface area contributed by atoms with Crippen LogP contribution in [0.2, 0.25) is 0 Å². The van der Waals surface area contributed by atoms with Crippen LogP contribution >= 0.6 is 24.2 Å². The van der Waals surface area contributed by atoms with Crippen molar-refractivity contribution in [1.82, 2.24) is 5.32 Å². The Morgan fingerprint density at radius 1 is 1.35 bits per heavy atom. The van der Waals surface area contributed by atoms with E-state index in [-0.39, 0.29) is 24.4 Å². The fraction of sp³-hybridized carbons (Fsp3) is 0.533. The Morgan fingerprint density at radius 3 is 2.50 bits per heavy atom. The molecule has 1 amide bonds. The maximum atomic E-state index is 11.8. The van der Waals surface area contributed by atoms with Crippen molar-refractivity contribution in [2.75, 3.05) is 18.6 Å². The van der Waals surface area contributed by atoms with Gasteiger partial charge in [0.25, 0.3) is 0 Å². The van der Waals surface area contributed by atoms with E-state index in [0.717, 1.165) is 18.6 Å². The fourth-order valence-electron chi connectivity index (χ4n) is 2.06. The lowest BCUT2D eigenvalue weighted by atomic mass is 10.0. The summed E-state index contributed by atoms with van der Waals surface area (Å²) < 4.78 is 0. The van der Waals surface area contributed by atoms with Crippen LogP contribution in [0.4, 0.5) is 0 Å². The second-order valence-corrected chi connectivity index (χ2v) is 5.78. The van der Waals surface area contributed by atoms with E-state index in [1.54, 1.807) is 11.8 Å². The summed E-state index contributed by atoms with van der Waals surface area (Å²) in [5.41, 5.74) is 9.69. The molecule has 0 aromatic heterocycles. The highest BCUT2D eigenvalue weighted by molar-refractivity contribution is 7.98. The van der Waals surface area contributed by atoms with E-state index in [2.05, 4.69) is 37.4 Å². The lowest BCUT2D eigenvalue weighted by Crippen LogP contribution is -2.41. The zero-order valence-corrected chi connectivity index (χ0v) is 14.1. The molecule has 0 saturated carbocycles. The number of benzene rings is 1. The molecule has 0 aliphatic rings. The van der Waals surface area contributed by atoms with E-state index in [1.807, 2.05) is 6.26 Å². The number of hydrogen-bond donors (Lipinski definition) is 2. The topological polar surface area (TPSA) is 55.1 Å². The van der Waals surface area contributed by atoms with Gasteiger partial charge in [0.2, 0.25) is 5.91 Å². The fourth-order valence-corrected chi connectivity index (χ4v) is 2.55. The van der Waals surface area contributed by atoms with Crippen LogP contribution in [0.25, 0.3) is 0 Å². The number of nitrogens with one attached hydrogen (secondary N) is 1. The molecule has 1 rings (SSSR count). The Morgan fingerprint density at radius 2 is 1.95 bits per heavy atom. The standard InChI is InChI=1S/C15H24N2OS.ClH/c1-11-5-4-6-12(2)13(11)7-9-17-15(18)14(16)8-10-19-3;/h4-6,14H,7-10,16H2,1-3H3,(H,17,18);1H/t14-;/m0./s1. The summed E-state index contributed by atoms with van der Waals surface area (Å²) in [7, 11) is 0. The van der Waals surface area contributed by atoms with E-state index < -0.39 is 0 Å². The van der Waals surface area contributed by atoms with Gasteiger partial charge in [0.1, 0.15) is 0 Å². The van der Waals surface area contributed by atoms with Gasteiger partial charge < -0.3 is 11.1 Å². The molecule has 0 saturated heterocycles. The van der Waals surface area contributed by atoms with Gasteiger partial charge in [0.05, 0.1) is 6.04 Å². The van der Waals surface area contributed by atoms with Crippen LogP contribution < -0.4 is 11.1 Å². The van der Waals surface area contributed by atoms with Crippen molar-refractivity contribution in [3.05, 3.63) is 34.9 Å². The number of halogens is 1. The van der Waals surface area contributed by atoms with Crippen molar-refractivity contribution in [3.63, 3.8) is 0 Å². The predicted molar refractivity (Wildman–Crippen MR) is 90.9 cm³/mol. The molecule has 0 heterocycles. The van der Waals surface area contributed by atoms with Crippen LogP contribution in [-0.4, -0.2) is 30.5 Å². The predicted octanol–water partition coefficient (Wildman–Crippen LogP) is 2.46. The van der Waals surface area contributed by atoms with Gasteiger partial charge in [0.15, 0.2) is 0 Å². The number of thioether (sulfide) groups is 1. The summed E-state index contributed by atoms with van der Waals surface area (Å²) in [5.74, 6) is 0.881.